The highest BCUT2D eigenvalue weighted by molar-refractivity contribution is 7.13. The monoisotopic (exact) mass is 277 g/mol. The van der Waals surface area contributed by atoms with E-state index in [0.717, 1.165) is 4.88 Å². The zero-order valence-corrected chi connectivity index (χ0v) is 10.7. The quantitative estimate of drug-likeness (QED) is 0.714. The number of aromatic nitrogens is 1. The van der Waals surface area contributed by atoms with Crippen LogP contribution in [0.4, 0.5) is 0 Å². The molecule has 0 radical (unpaired) electrons. The van der Waals surface area contributed by atoms with Gasteiger partial charge in [0.2, 0.25) is 0 Å². The van der Waals surface area contributed by atoms with Gasteiger partial charge in [-0.15, -0.1) is 11.3 Å². The first-order valence-corrected chi connectivity index (χ1v) is 6.51. The SMILES string of the molecule is O=c1[nH]c2cc(Cl)ccc2c(O)c1-c1cccs1. The van der Waals surface area contributed by atoms with Crippen LogP contribution in [0.15, 0.2) is 40.5 Å². The van der Waals surface area contributed by atoms with E-state index < -0.39 is 0 Å². The van der Waals surface area contributed by atoms with Crippen molar-refractivity contribution in [2.45, 2.75) is 0 Å². The van der Waals surface area contributed by atoms with Crippen molar-refractivity contribution in [3.05, 3.63) is 51.1 Å². The smallest absolute Gasteiger partial charge is 0.260 e. The summed E-state index contributed by atoms with van der Waals surface area (Å²) in [7, 11) is 0. The first-order valence-electron chi connectivity index (χ1n) is 5.25. The fourth-order valence-electron chi connectivity index (χ4n) is 1.90. The lowest BCUT2D eigenvalue weighted by molar-refractivity contribution is 0.483. The van der Waals surface area contributed by atoms with Crippen LogP contribution in [-0.4, -0.2) is 10.1 Å². The minimum Gasteiger partial charge on any atom is -0.506 e. The molecule has 0 unspecified atom stereocenters. The van der Waals surface area contributed by atoms with Crippen LogP contribution in [0, 0.1) is 0 Å². The van der Waals surface area contributed by atoms with Crippen LogP contribution in [0.25, 0.3) is 21.3 Å². The molecule has 5 heteroatoms. The third kappa shape index (κ3) is 1.70. The van der Waals surface area contributed by atoms with Crippen molar-refractivity contribution in [3.63, 3.8) is 0 Å². The van der Waals surface area contributed by atoms with Gasteiger partial charge in [-0.2, -0.15) is 0 Å². The van der Waals surface area contributed by atoms with E-state index in [2.05, 4.69) is 4.98 Å². The maximum Gasteiger partial charge on any atom is 0.260 e. The van der Waals surface area contributed by atoms with E-state index in [1.54, 1.807) is 24.3 Å². The zero-order chi connectivity index (χ0) is 12.7. The van der Waals surface area contributed by atoms with Crippen molar-refractivity contribution in [2.24, 2.45) is 0 Å². The fourth-order valence-corrected chi connectivity index (χ4v) is 2.84. The number of pyridine rings is 1. The summed E-state index contributed by atoms with van der Waals surface area (Å²) in [6.07, 6.45) is 0. The van der Waals surface area contributed by atoms with Gasteiger partial charge in [0, 0.05) is 15.3 Å². The summed E-state index contributed by atoms with van der Waals surface area (Å²) in [5.41, 5.74) is 0.523. The van der Waals surface area contributed by atoms with Crippen LogP contribution in [0.1, 0.15) is 0 Å². The highest BCUT2D eigenvalue weighted by atomic mass is 35.5. The molecule has 0 saturated heterocycles. The standard InChI is InChI=1S/C13H8ClNO2S/c14-7-3-4-8-9(6-7)15-13(17)11(12(8)16)10-2-1-5-18-10/h1-6H,(H2,15,16,17). The summed E-state index contributed by atoms with van der Waals surface area (Å²) in [5, 5.41) is 13.2. The molecule has 3 aromatic rings. The molecule has 0 atom stereocenters. The predicted molar refractivity (Wildman–Crippen MR) is 74.6 cm³/mol. The molecule has 2 aromatic heterocycles. The Labute approximate surface area is 111 Å². The summed E-state index contributed by atoms with van der Waals surface area (Å²) < 4.78 is 0. The van der Waals surface area contributed by atoms with Crippen LogP contribution < -0.4 is 5.56 Å². The van der Waals surface area contributed by atoms with Gasteiger partial charge in [-0.1, -0.05) is 17.7 Å². The number of hydrogen-bond acceptors (Lipinski definition) is 3. The number of thiophene rings is 1. The Bertz CT molecular complexity index is 778. The Morgan fingerprint density at radius 2 is 2.11 bits per heavy atom. The lowest BCUT2D eigenvalue weighted by atomic mass is 10.1. The van der Waals surface area contributed by atoms with Crippen LogP contribution in [0.3, 0.4) is 0 Å². The molecule has 0 aliphatic heterocycles. The molecule has 3 nitrogen and oxygen atoms in total. The number of rotatable bonds is 1. The lowest BCUT2D eigenvalue weighted by Crippen LogP contribution is -2.08. The number of halogens is 1. The number of aromatic hydroxyl groups is 1. The van der Waals surface area contributed by atoms with Gasteiger partial charge in [-0.05, 0) is 29.6 Å². The molecule has 0 aliphatic carbocycles. The van der Waals surface area contributed by atoms with E-state index in [-0.39, 0.29) is 11.3 Å². The molecule has 1 aromatic carbocycles. The highest BCUT2D eigenvalue weighted by Gasteiger charge is 2.14. The average Bonchev–Trinajstić information content (AvgIpc) is 2.82. The number of fused-ring (bicyclic) bond motifs is 1. The maximum absolute atomic E-state index is 12.0. The van der Waals surface area contributed by atoms with Crippen molar-refractivity contribution in [1.82, 2.24) is 4.98 Å². The third-order valence-corrected chi connectivity index (χ3v) is 3.84. The van der Waals surface area contributed by atoms with Gasteiger partial charge >= 0.3 is 0 Å². The number of aromatic amines is 1. The average molecular weight is 278 g/mol. The summed E-state index contributed by atoms with van der Waals surface area (Å²) in [5.74, 6) is -0.00660. The minimum atomic E-state index is -0.315. The number of benzene rings is 1. The second kappa shape index (κ2) is 4.15. The van der Waals surface area contributed by atoms with Gasteiger partial charge in [-0.25, -0.2) is 0 Å². The van der Waals surface area contributed by atoms with E-state index in [1.165, 1.54) is 11.3 Å². The minimum absolute atomic E-state index is 0.00660. The summed E-state index contributed by atoms with van der Waals surface area (Å²) in [4.78, 5) is 15.5. The van der Waals surface area contributed by atoms with E-state index in [1.807, 2.05) is 11.4 Å². The van der Waals surface area contributed by atoms with E-state index in [4.69, 9.17) is 11.6 Å². The lowest BCUT2D eigenvalue weighted by Gasteiger charge is -2.06. The molecule has 0 aliphatic rings. The van der Waals surface area contributed by atoms with Crippen molar-refractivity contribution in [1.29, 1.82) is 0 Å². The molecule has 0 fully saturated rings. The first kappa shape index (κ1) is 11.3. The highest BCUT2D eigenvalue weighted by Crippen LogP contribution is 2.34. The largest absolute Gasteiger partial charge is 0.506 e. The molecular formula is C13H8ClNO2S. The van der Waals surface area contributed by atoms with Gasteiger partial charge in [0.05, 0.1) is 11.1 Å². The molecule has 18 heavy (non-hydrogen) atoms. The Balaban J connectivity index is 2.41. The Kier molecular flexibility index (Phi) is 2.61. The van der Waals surface area contributed by atoms with Crippen molar-refractivity contribution < 1.29 is 5.11 Å². The predicted octanol–water partition coefficient (Wildman–Crippen LogP) is 3.62. The number of H-pyrrole nitrogens is 1. The molecule has 0 spiro atoms. The van der Waals surface area contributed by atoms with Gasteiger partial charge in [-0.3, -0.25) is 4.79 Å². The first-order chi connectivity index (χ1) is 8.66. The fraction of sp³-hybridized carbons (Fsp3) is 0. The van der Waals surface area contributed by atoms with Gasteiger partial charge in [0.25, 0.3) is 5.56 Å². The molecule has 2 N–H and O–H groups in total. The van der Waals surface area contributed by atoms with Crippen LogP contribution in [0.2, 0.25) is 5.02 Å². The van der Waals surface area contributed by atoms with Crippen LogP contribution in [-0.2, 0) is 0 Å². The Hall–Kier alpha value is -1.78. The molecule has 0 bridgehead atoms. The normalized spacial score (nSPS) is 10.9. The molecule has 0 amide bonds. The molecular weight excluding hydrogens is 270 g/mol. The number of hydrogen-bond donors (Lipinski definition) is 2. The van der Waals surface area contributed by atoms with Crippen molar-refractivity contribution in [2.75, 3.05) is 0 Å². The maximum atomic E-state index is 12.0. The van der Waals surface area contributed by atoms with Gasteiger partial charge in [0.15, 0.2) is 0 Å². The zero-order valence-electron chi connectivity index (χ0n) is 9.11. The molecule has 0 saturated carbocycles. The summed E-state index contributed by atoms with van der Waals surface area (Å²) in [6.45, 7) is 0. The van der Waals surface area contributed by atoms with Crippen molar-refractivity contribution >= 4 is 33.8 Å². The topological polar surface area (TPSA) is 53.1 Å². The molecule has 2 heterocycles. The van der Waals surface area contributed by atoms with E-state index in [9.17, 15) is 9.90 Å². The molecule has 90 valence electrons. The van der Waals surface area contributed by atoms with E-state index in [0.29, 0.717) is 21.5 Å². The van der Waals surface area contributed by atoms with Gasteiger partial charge < -0.3 is 10.1 Å². The summed E-state index contributed by atoms with van der Waals surface area (Å²) in [6, 6.07) is 8.64. The van der Waals surface area contributed by atoms with E-state index >= 15 is 0 Å². The molecule has 3 rings (SSSR count). The second-order valence-electron chi connectivity index (χ2n) is 3.84. The Morgan fingerprint density at radius 1 is 1.28 bits per heavy atom. The Morgan fingerprint density at radius 3 is 2.83 bits per heavy atom. The van der Waals surface area contributed by atoms with Crippen molar-refractivity contribution in [3.8, 4) is 16.2 Å². The third-order valence-electron chi connectivity index (χ3n) is 2.72. The summed E-state index contributed by atoms with van der Waals surface area (Å²) >= 11 is 7.27. The second-order valence-corrected chi connectivity index (χ2v) is 5.23. The van der Waals surface area contributed by atoms with Crippen LogP contribution >= 0.6 is 22.9 Å². The van der Waals surface area contributed by atoms with Crippen LogP contribution in [0.5, 0.6) is 5.75 Å². The van der Waals surface area contributed by atoms with Gasteiger partial charge in [0.1, 0.15) is 5.75 Å². The number of nitrogens with one attached hydrogen (secondary N) is 1.